The summed E-state index contributed by atoms with van der Waals surface area (Å²) in [5, 5.41) is 0. The van der Waals surface area contributed by atoms with E-state index in [9.17, 15) is 12.3 Å². The van der Waals surface area contributed by atoms with Gasteiger partial charge in [0.1, 0.15) is 5.75 Å². The molecule has 16 heavy (non-hydrogen) atoms. The van der Waals surface area contributed by atoms with Gasteiger partial charge in [0.05, 0.1) is 12.4 Å². The molecule has 3 nitrogen and oxygen atoms in total. The van der Waals surface area contributed by atoms with Crippen molar-refractivity contribution >= 4 is 10.2 Å². The molecular formula is C11H13FO3S. The second-order valence-electron chi connectivity index (χ2n) is 4.02. The maximum Gasteiger partial charge on any atom is 0.302 e. The highest BCUT2D eigenvalue weighted by Gasteiger charge is 2.21. The van der Waals surface area contributed by atoms with E-state index in [1.54, 1.807) is 0 Å². The number of halogens is 1. The maximum atomic E-state index is 12.4. The molecule has 0 aliphatic carbocycles. The maximum absolute atomic E-state index is 12.4. The van der Waals surface area contributed by atoms with Crippen molar-refractivity contribution in [3.8, 4) is 5.75 Å². The standard InChI is InChI=1S/C11H13FO3S/c12-16(13,14)6-5-9-7-10-3-1-2-4-11(10)15-8-9/h1-4,9H,5-8H2. The lowest BCUT2D eigenvalue weighted by Gasteiger charge is -2.24. The molecule has 0 saturated carbocycles. The Morgan fingerprint density at radius 2 is 2.12 bits per heavy atom. The molecule has 1 atom stereocenters. The predicted molar refractivity (Wildman–Crippen MR) is 58.6 cm³/mol. The van der Waals surface area contributed by atoms with E-state index in [0.29, 0.717) is 13.0 Å². The zero-order chi connectivity index (χ0) is 11.6. The molecule has 88 valence electrons. The predicted octanol–water partition coefficient (Wildman–Crippen LogP) is 1.93. The molecular weight excluding hydrogens is 231 g/mol. The first-order valence-electron chi connectivity index (χ1n) is 5.17. The highest BCUT2D eigenvalue weighted by atomic mass is 32.3. The summed E-state index contributed by atoms with van der Waals surface area (Å²) in [6.07, 6.45) is 1.07. The molecule has 1 aromatic rings. The van der Waals surface area contributed by atoms with Crippen LogP contribution in [0.2, 0.25) is 0 Å². The molecule has 0 N–H and O–H groups in total. The Morgan fingerprint density at radius 1 is 1.38 bits per heavy atom. The van der Waals surface area contributed by atoms with Crippen molar-refractivity contribution in [2.24, 2.45) is 5.92 Å². The van der Waals surface area contributed by atoms with Gasteiger partial charge >= 0.3 is 10.2 Å². The summed E-state index contributed by atoms with van der Waals surface area (Å²) >= 11 is 0. The zero-order valence-corrected chi connectivity index (χ0v) is 9.54. The highest BCUT2D eigenvalue weighted by Crippen LogP contribution is 2.28. The van der Waals surface area contributed by atoms with Crippen LogP contribution in [0.3, 0.4) is 0 Å². The van der Waals surface area contributed by atoms with Crippen LogP contribution in [0.4, 0.5) is 3.89 Å². The summed E-state index contributed by atoms with van der Waals surface area (Å²) in [5.41, 5.74) is 1.06. The van der Waals surface area contributed by atoms with Crippen LogP contribution in [0, 0.1) is 5.92 Å². The molecule has 2 rings (SSSR count). The number of fused-ring (bicyclic) bond motifs is 1. The molecule has 0 amide bonds. The molecule has 1 unspecified atom stereocenters. The van der Waals surface area contributed by atoms with Crippen molar-refractivity contribution in [2.75, 3.05) is 12.4 Å². The van der Waals surface area contributed by atoms with Crippen LogP contribution in [-0.4, -0.2) is 20.8 Å². The van der Waals surface area contributed by atoms with E-state index in [0.717, 1.165) is 17.7 Å². The van der Waals surface area contributed by atoms with Gasteiger partial charge in [-0.05, 0) is 30.4 Å². The molecule has 1 aromatic carbocycles. The monoisotopic (exact) mass is 244 g/mol. The summed E-state index contributed by atoms with van der Waals surface area (Å²) in [5.74, 6) is 0.519. The Hall–Kier alpha value is -1.10. The molecule has 0 fully saturated rings. The Morgan fingerprint density at radius 3 is 2.88 bits per heavy atom. The van der Waals surface area contributed by atoms with Crippen molar-refractivity contribution in [3.05, 3.63) is 29.8 Å². The molecule has 1 aliphatic heterocycles. The fourth-order valence-electron chi connectivity index (χ4n) is 1.88. The molecule has 0 bridgehead atoms. The Balaban J connectivity index is 1.98. The van der Waals surface area contributed by atoms with Crippen molar-refractivity contribution in [1.29, 1.82) is 0 Å². The molecule has 0 radical (unpaired) electrons. The summed E-state index contributed by atoms with van der Waals surface area (Å²) in [6, 6.07) is 7.64. The summed E-state index contributed by atoms with van der Waals surface area (Å²) < 4.78 is 38.7. The first-order valence-corrected chi connectivity index (χ1v) is 6.73. The fraction of sp³-hybridized carbons (Fsp3) is 0.455. The van der Waals surface area contributed by atoms with Gasteiger partial charge in [0, 0.05) is 0 Å². The normalized spacial score (nSPS) is 19.9. The first-order chi connectivity index (χ1) is 7.54. The van der Waals surface area contributed by atoms with E-state index in [-0.39, 0.29) is 5.92 Å². The quantitative estimate of drug-likeness (QED) is 0.763. The van der Waals surface area contributed by atoms with Gasteiger partial charge in [-0.15, -0.1) is 3.89 Å². The van der Waals surface area contributed by atoms with Crippen LogP contribution in [0.15, 0.2) is 24.3 Å². The van der Waals surface area contributed by atoms with E-state index in [1.807, 2.05) is 24.3 Å². The van der Waals surface area contributed by atoms with E-state index in [1.165, 1.54) is 0 Å². The van der Waals surface area contributed by atoms with Crippen LogP contribution in [0.5, 0.6) is 5.75 Å². The minimum absolute atomic E-state index is 0.0837. The van der Waals surface area contributed by atoms with Crippen LogP contribution in [-0.2, 0) is 16.6 Å². The number of rotatable bonds is 3. The van der Waals surface area contributed by atoms with Gasteiger partial charge in [0.25, 0.3) is 0 Å². The largest absolute Gasteiger partial charge is 0.493 e. The van der Waals surface area contributed by atoms with Crippen molar-refractivity contribution in [2.45, 2.75) is 12.8 Å². The number of hydrogen-bond acceptors (Lipinski definition) is 3. The van der Waals surface area contributed by atoms with Crippen LogP contribution in [0.1, 0.15) is 12.0 Å². The van der Waals surface area contributed by atoms with E-state index in [2.05, 4.69) is 0 Å². The molecule has 1 heterocycles. The number of hydrogen-bond donors (Lipinski definition) is 0. The second-order valence-corrected chi connectivity index (χ2v) is 5.51. The van der Waals surface area contributed by atoms with Gasteiger partial charge in [0.15, 0.2) is 0 Å². The van der Waals surface area contributed by atoms with Gasteiger partial charge in [-0.3, -0.25) is 0 Å². The third-order valence-electron chi connectivity index (χ3n) is 2.73. The fourth-order valence-corrected chi connectivity index (χ4v) is 2.50. The number of benzene rings is 1. The smallest absolute Gasteiger partial charge is 0.302 e. The van der Waals surface area contributed by atoms with Gasteiger partial charge < -0.3 is 4.74 Å². The van der Waals surface area contributed by atoms with Crippen molar-refractivity contribution in [3.63, 3.8) is 0 Å². The minimum atomic E-state index is -4.36. The van der Waals surface area contributed by atoms with Gasteiger partial charge in [-0.2, -0.15) is 8.42 Å². The van der Waals surface area contributed by atoms with Crippen LogP contribution in [0.25, 0.3) is 0 Å². The summed E-state index contributed by atoms with van der Waals surface area (Å²) in [7, 11) is -4.36. The van der Waals surface area contributed by atoms with Crippen molar-refractivity contribution < 1.29 is 17.0 Å². The number of ether oxygens (including phenoxy) is 1. The average molecular weight is 244 g/mol. The third-order valence-corrected chi connectivity index (χ3v) is 3.45. The Bertz CT molecular complexity index is 470. The van der Waals surface area contributed by atoms with Gasteiger partial charge in [-0.1, -0.05) is 18.2 Å². The molecule has 0 saturated heterocycles. The molecule has 0 aromatic heterocycles. The van der Waals surface area contributed by atoms with E-state index >= 15 is 0 Å². The van der Waals surface area contributed by atoms with Gasteiger partial charge in [-0.25, -0.2) is 0 Å². The Kier molecular flexibility index (Phi) is 3.14. The van der Waals surface area contributed by atoms with E-state index < -0.39 is 16.0 Å². The molecule has 1 aliphatic rings. The molecule has 0 spiro atoms. The Labute approximate surface area is 94.5 Å². The second kappa shape index (κ2) is 4.41. The number of para-hydroxylation sites is 1. The molecule has 5 heteroatoms. The lowest BCUT2D eigenvalue weighted by atomic mass is 9.95. The van der Waals surface area contributed by atoms with Crippen LogP contribution >= 0.6 is 0 Å². The zero-order valence-electron chi connectivity index (χ0n) is 8.73. The lowest BCUT2D eigenvalue weighted by molar-refractivity contribution is 0.218. The summed E-state index contributed by atoms with van der Waals surface area (Å²) in [4.78, 5) is 0. The third kappa shape index (κ3) is 2.95. The minimum Gasteiger partial charge on any atom is -0.493 e. The van der Waals surface area contributed by atoms with E-state index in [4.69, 9.17) is 4.74 Å². The lowest BCUT2D eigenvalue weighted by Crippen LogP contribution is -2.22. The van der Waals surface area contributed by atoms with Gasteiger partial charge in [0.2, 0.25) is 0 Å². The summed E-state index contributed by atoms with van der Waals surface area (Å²) in [6.45, 7) is 0.465. The SMILES string of the molecule is O=S(=O)(F)CCC1COc2ccccc2C1. The topological polar surface area (TPSA) is 43.4 Å². The van der Waals surface area contributed by atoms with Crippen LogP contribution < -0.4 is 4.74 Å². The average Bonchev–Trinajstić information content (AvgIpc) is 2.25. The first kappa shape index (κ1) is 11.4. The van der Waals surface area contributed by atoms with Crippen molar-refractivity contribution in [1.82, 2.24) is 0 Å². The highest BCUT2D eigenvalue weighted by molar-refractivity contribution is 7.86.